The molecule has 4 rings (SSSR count). The van der Waals surface area contributed by atoms with Gasteiger partial charge in [-0.3, -0.25) is 0 Å². The van der Waals surface area contributed by atoms with Gasteiger partial charge >= 0.3 is 5.97 Å². The Hall–Kier alpha value is -4.05. The summed E-state index contributed by atoms with van der Waals surface area (Å²) in [6.45, 7) is 2.18. The Morgan fingerprint density at radius 3 is 1.82 bits per heavy atom. The molecule has 0 bridgehead atoms. The van der Waals surface area contributed by atoms with Crippen molar-refractivity contribution >= 4 is 17.3 Å². The van der Waals surface area contributed by atoms with Crippen LogP contribution in [-0.4, -0.2) is 5.97 Å². The van der Waals surface area contributed by atoms with Crippen LogP contribution in [0, 0.1) is 0 Å². The predicted molar refractivity (Wildman–Crippen MR) is 135 cm³/mol. The van der Waals surface area contributed by atoms with Crippen LogP contribution < -0.4 is 16.2 Å². The summed E-state index contributed by atoms with van der Waals surface area (Å²) in [5, 5.41) is 0. The summed E-state index contributed by atoms with van der Waals surface area (Å²) in [6.07, 6.45) is 2.92. The second-order valence-electron chi connectivity index (χ2n) is 8.24. The van der Waals surface area contributed by atoms with E-state index in [-0.39, 0.29) is 5.97 Å². The minimum absolute atomic E-state index is 0.379. The van der Waals surface area contributed by atoms with E-state index in [1.54, 1.807) is 30.3 Å². The molecule has 4 nitrogen and oxygen atoms in total. The Morgan fingerprint density at radius 2 is 1.24 bits per heavy atom. The van der Waals surface area contributed by atoms with Crippen molar-refractivity contribution in [1.29, 1.82) is 0 Å². The number of esters is 1. The monoisotopic (exact) mass is 436 g/mol. The Morgan fingerprint density at radius 1 is 0.697 bits per heavy atom. The predicted octanol–water partition coefficient (Wildman–Crippen LogP) is 6.28. The zero-order valence-corrected chi connectivity index (χ0v) is 18.8. The molecule has 0 amide bonds. The molecule has 0 saturated heterocycles. The molecule has 0 aliphatic rings. The first-order valence-electron chi connectivity index (χ1n) is 11.2. The summed E-state index contributed by atoms with van der Waals surface area (Å²) in [7, 11) is 0. The number of rotatable bonds is 7. The lowest BCUT2D eigenvalue weighted by Crippen LogP contribution is -2.08. The fourth-order valence-electron chi connectivity index (χ4n) is 3.88. The summed E-state index contributed by atoms with van der Waals surface area (Å²) >= 11 is 0. The van der Waals surface area contributed by atoms with Crippen molar-refractivity contribution in [2.24, 2.45) is 0 Å². The summed E-state index contributed by atoms with van der Waals surface area (Å²) < 4.78 is 5.55. The molecule has 0 radical (unpaired) electrons. The topological polar surface area (TPSA) is 78.3 Å². The highest BCUT2D eigenvalue weighted by atomic mass is 16.5. The van der Waals surface area contributed by atoms with Crippen LogP contribution in [0.5, 0.6) is 5.75 Å². The van der Waals surface area contributed by atoms with Crippen molar-refractivity contribution in [3.8, 4) is 16.9 Å². The number of carbonyl (C=O) groups excluding carboxylic acids is 1. The first-order chi connectivity index (χ1) is 16.0. The molecule has 0 aliphatic heterocycles. The number of aryl methyl sites for hydroxylation is 1. The van der Waals surface area contributed by atoms with Crippen LogP contribution in [0.25, 0.3) is 11.1 Å². The SMILES string of the molecule is CCCc1ccc(-c2ccc(C(=O)Oc3ccc(Cc4cc(N)cc(N)c4)cc3)cc2)cc1. The van der Waals surface area contributed by atoms with Gasteiger partial charge in [-0.2, -0.15) is 0 Å². The zero-order valence-electron chi connectivity index (χ0n) is 18.8. The maximum absolute atomic E-state index is 12.6. The van der Waals surface area contributed by atoms with Crippen LogP contribution in [0.4, 0.5) is 11.4 Å². The summed E-state index contributed by atoms with van der Waals surface area (Å²) in [4.78, 5) is 12.6. The second kappa shape index (κ2) is 10.0. The van der Waals surface area contributed by atoms with Crippen molar-refractivity contribution in [2.45, 2.75) is 26.2 Å². The van der Waals surface area contributed by atoms with Gasteiger partial charge in [0.2, 0.25) is 0 Å². The molecular weight excluding hydrogens is 408 g/mol. The molecule has 0 fully saturated rings. The zero-order chi connectivity index (χ0) is 23.2. The van der Waals surface area contributed by atoms with Gasteiger partial charge in [-0.25, -0.2) is 4.79 Å². The molecular formula is C29H28N2O2. The van der Waals surface area contributed by atoms with E-state index in [0.29, 0.717) is 29.1 Å². The number of hydrogen-bond donors (Lipinski definition) is 2. The van der Waals surface area contributed by atoms with E-state index >= 15 is 0 Å². The average Bonchev–Trinajstić information content (AvgIpc) is 2.80. The number of benzene rings is 4. The van der Waals surface area contributed by atoms with Crippen molar-refractivity contribution in [1.82, 2.24) is 0 Å². The molecule has 0 saturated carbocycles. The number of anilines is 2. The fraction of sp³-hybridized carbons (Fsp3) is 0.138. The van der Waals surface area contributed by atoms with Crippen molar-refractivity contribution in [3.63, 3.8) is 0 Å². The third-order valence-electron chi connectivity index (χ3n) is 5.53. The highest BCUT2D eigenvalue weighted by molar-refractivity contribution is 5.91. The van der Waals surface area contributed by atoms with Crippen LogP contribution >= 0.6 is 0 Å². The van der Waals surface area contributed by atoms with Gasteiger partial charge in [-0.15, -0.1) is 0 Å². The lowest BCUT2D eigenvalue weighted by Gasteiger charge is -2.08. The third-order valence-corrected chi connectivity index (χ3v) is 5.53. The van der Waals surface area contributed by atoms with Crippen molar-refractivity contribution in [3.05, 3.63) is 113 Å². The summed E-state index contributed by atoms with van der Waals surface area (Å²) in [5.74, 6) is 0.127. The number of carbonyl (C=O) groups is 1. The Bertz CT molecular complexity index is 1210. The molecule has 33 heavy (non-hydrogen) atoms. The maximum atomic E-state index is 12.6. The van der Waals surface area contributed by atoms with Gasteiger partial charge in [-0.05, 0) is 83.1 Å². The Kier molecular flexibility index (Phi) is 6.75. The van der Waals surface area contributed by atoms with Crippen molar-refractivity contribution < 1.29 is 9.53 Å². The quantitative estimate of drug-likeness (QED) is 0.203. The number of nitrogens with two attached hydrogens (primary N) is 2. The smallest absolute Gasteiger partial charge is 0.343 e. The van der Waals surface area contributed by atoms with Gasteiger partial charge in [0.25, 0.3) is 0 Å². The van der Waals surface area contributed by atoms with Gasteiger partial charge in [0, 0.05) is 11.4 Å². The Balaban J connectivity index is 1.38. The highest BCUT2D eigenvalue weighted by Crippen LogP contribution is 2.23. The third kappa shape index (κ3) is 5.80. The van der Waals surface area contributed by atoms with Crippen LogP contribution in [-0.2, 0) is 12.8 Å². The van der Waals surface area contributed by atoms with Crippen LogP contribution in [0.2, 0.25) is 0 Å². The molecule has 0 unspecified atom stereocenters. The van der Waals surface area contributed by atoms with Gasteiger partial charge < -0.3 is 16.2 Å². The first-order valence-corrected chi connectivity index (χ1v) is 11.2. The van der Waals surface area contributed by atoms with Crippen molar-refractivity contribution in [2.75, 3.05) is 11.5 Å². The van der Waals surface area contributed by atoms with Gasteiger partial charge in [-0.1, -0.05) is 61.9 Å². The highest BCUT2D eigenvalue weighted by Gasteiger charge is 2.09. The lowest BCUT2D eigenvalue weighted by molar-refractivity contribution is 0.0734. The molecule has 0 aromatic heterocycles. The molecule has 4 N–H and O–H groups in total. The van der Waals surface area contributed by atoms with Crippen LogP contribution in [0.3, 0.4) is 0 Å². The number of ether oxygens (including phenoxy) is 1. The van der Waals surface area contributed by atoms with Crippen LogP contribution in [0.15, 0.2) is 91.0 Å². The standard InChI is InChI=1S/C29H28N2O2/c1-2-3-20-4-8-23(9-5-20)24-10-12-25(13-11-24)29(32)33-28-14-6-21(7-15-28)16-22-17-26(30)19-27(31)18-22/h4-15,17-19H,2-3,16,30-31H2,1H3. The molecule has 0 atom stereocenters. The Labute approximate surface area is 194 Å². The largest absolute Gasteiger partial charge is 0.423 e. The van der Waals surface area contributed by atoms with Gasteiger partial charge in [0.15, 0.2) is 0 Å². The minimum atomic E-state index is -0.379. The van der Waals surface area contributed by atoms with Gasteiger partial charge in [0.1, 0.15) is 5.75 Å². The maximum Gasteiger partial charge on any atom is 0.343 e. The molecule has 4 aromatic rings. The molecule has 0 spiro atoms. The van der Waals surface area contributed by atoms with Gasteiger partial charge in [0.05, 0.1) is 5.56 Å². The van der Waals surface area contributed by atoms with E-state index in [1.165, 1.54) is 5.56 Å². The van der Waals surface area contributed by atoms with E-state index in [1.807, 2.05) is 36.4 Å². The lowest BCUT2D eigenvalue weighted by atomic mass is 10.0. The number of hydrogen-bond acceptors (Lipinski definition) is 4. The fourth-order valence-corrected chi connectivity index (χ4v) is 3.88. The van der Waals surface area contributed by atoms with E-state index in [4.69, 9.17) is 16.2 Å². The summed E-state index contributed by atoms with van der Waals surface area (Å²) in [5.41, 5.74) is 19.2. The average molecular weight is 437 g/mol. The first kappa shape index (κ1) is 22.2. The van der Waals surface area contributed by atoms with Crippen LogP contribution in [0.1, 0.15) is 40.4 Å². The molecule has 166 valence electrons. The van der Waals surface area contributed by atoms with E-state index in [0.717, 1.165) is 35.1 Å². The van der Waals surface area contributed by atoms with E-state index in [2.05, 4.69) is 31.2 Å². The normalized spacial score (nSPS) is 10.7. The molecule has 0 heterocycles. The molecule has 4 heteroatoms. The molecule has 4 aromatic carbocycles. The van der Waals surface area contributed by atoms with E-state index in [9.17, 15) is 4.79 Å². The van der Waals surface area contributed by atoms with E-state index < -0.39 is 0 Å². The number of nitrogen functional groups attached to an aromatic ring is 2. The summed E-state index contributed by atoms with van der Waals surface area (Å²) in [6, 6.07) is 29.1. The second-order valence-corrected chi connectivity index (χ2v) is 8.24. The molecule has 0 aliphatic carbocycles. The minimum Gasteiger partial charge on any atom is -0.423 e.